The zero-order chi connectivity index (χ0) is 11.4. The standard InChI is InChI=1S/C11H15BrFNO/c1-7(6-15)14-8(2)10-4-3-9(13)5-11(10)12/h3-5,7-8,14-15H,6H2,1-2H3/t7-,8?/m0/s1. The molecule has 2 nitrogen and oxygen atoms in total. The van der Waals surface area contributed by atoms with Gasteiger partial charge in [-0.05, 0) is 31.5 Å². The monoisotopic (exact) mass is 275 g/mol. The number of benzene rings is 1. The smallest absolute Gasteiger partial charge is 0.124 e. The molecule has 1 rings (SSSR count). The Morgan fingerprint density at radius 3 is 2.67 bits per heavy atom. The molecule has 0 aliphatic rings. The van der Waals surface area contributed by atoms with Crippen molar-refractivity contribution >= 4 is 15.9 Å². The third-order valence-electron chi connectivity index (χ3n) is 2.24. The van der Waals surface area contributed by atoms with Crippen LogP contribution in [0.25, 0.3) is 0 Å². The molecule has 1 aromatic carbocycles. The number of hydrogen-bond donors (Lipinski definition) is 2. The molecule has 84 valence electrons. The Bertz CT molecular complexity index is 332. The summed E-state index contributed by atoms with van der Waals surface area (Å²) in [7, 11) is 0. The van der Waals surface area contributed by atoms with Crippen LogP contribution in [0.2, 0.25) is 0 Å². The molecule has 0 amide bonds. The summed E-state index contributed by atoms with van der Waals surface area (Å²) in [6.07, 6.45) is 0. The summed E-state index contributed by atoms with van der Waals surface area (Å²) in [6, 6.07) is 4.71. The largest absolute Gasteiger partial charge is 0.395 e. The summed E-state index contributed by atoms with van der Waals surface area (Å²) < 4.78 is 13.6. The van der Waals surface area contributed by atoms with Crippen molar-refractivity contribution in [3.63, 3.8) is 0 Å². The molecular formula is C11H15BrFNO. The lowest BCUT2D eigenvalue weighted by Crippen LogP contribution is -2.31. The highest BCUT2D eigenvalue weighted by molar-refractivity contribution is 9.10. The molecule has 0 aliphatic carbocycles. The van der Waals surface area contributed by atoms with Gasteiger partial charge >= 0.3 is 0 Å². The molecule has 2 atom stereocenters. The Labute approximate surface area is 97.6 Å². The number of aliphatic hydroxyl groups is 1. The molecule has 0 radical (unpaired) electrons. The van der Waals surface area contributed by atoms with Crippen LogP contribution in [0.3, 0.4) is 0 Å². The fourth-order valence-electron chi connectivity index (χ4n) is 1.42. The van der Waals surface area contributed by atoms with Crippen LogP contribution in [0, 0.1) is 5.82 Å². The van der Waals surface area contributed by atoms with Gasteiger partial charge in [-0.3, -0.25) is 0 Å². The second-order valence-electron chi connectivity index (χ2n) is 3.64. The van der Waals surface area contributed by atoms with Crippen LogP contribution in [0.4, 0.5) is 4.39 Å². The van der Waals surface area contributed by atoms with Gasteiger partial charge in [0.1, 0.15) is 5.82 Å². The van der Waals surface area contributed by atoms with E-state index >= 15 is 0 Å². The van der Waals surface area contributed by atoms with Crippen molar-refractivity contribution in [2.24, 2.45) is 0 Å². The van der Waals surface area contributed by atoms with E-state index in [-0.39, 0.29) is 24.5 Å². The van der Waals surface area contributed by atoms with Crippen LogP contribution in [0.1, 0.15) is 25.5 Å². The van der Waals surface area contributed by atoms with Gasteiger partial charge in [-0.25, -0.2) is 4.39 Å². The minimum absolute atomic E-state index is 0.0250. The van der Waals surface area contributed by atoms with E-state index in [4.69, 9.17) is 5.11 Å². The molecule has 0 bridgehead atoms. The quantitative estimate of drug-likeness (QED) is 0.886. The number of aliphatic hydroxyl groups excluding tert-OH is 1. The molecular weight excluding hydrogens is 261 g/mol. The minimum Gasteiger partial charge on any atom is -0.395 e. The van der Waals surface area contributed by atoms with Crippen LogP contribution in [0.5, 0.6) is 0 Å². The Kier molecular flexibility index (Phi) is 4.70. The van der Waals surface area contributed by atoms with Crippen molar-refractivity contribution < 1.29 is 9.50 Å². The van der Waals surface area contributed by atoms with Crippen LogP contribution in [-0.4, -0.2) is 17.8 Å². The van der Waals surface area contributed by atoms with Gasteiger partial charge in [0.05, 0.1) is 6.61 Å². The third kappa shape index (κ3) is 3.55. The molecule has 0 heterocycles. The summed E-state index contributed by atoms with van der Waals surface area (Å²) in [5.74, 6) is -0.256. The summed E-state index contributed by atoms with van der Waals surface area (Å²) in [5, 5.41) is 12.1. The Morgan fingerprint density at radius 2 is 2.13 bits per heavy atom. The van der Waals surface area contributed by atoms with E-state index in [9.17, 15) is 4.39 Å². The molecule has 15 heavy (non-hydrogen) atoms. The highest BCUT2D eigenvalue weighted by atomic mass is 79.9. The van der Waals surface area contributed by atoms with Gasteiger partial charge in [-0.1, -0.05) is 22.0 Å². The van der Waals surface area contributed by atoms with E-state index in [1.165, 1.54) is 12.1 Å². The average molecular weight is 276 g/mol. The molecule has 2 N–H and O–H groups in total. The van der Waals surface area contributed by atoms with Gasteiger partial charge in [-0.15, -0.1) is 0 Å². The fourth-order valence-corrected chi connectivity index (χ4v) is 2.12. The van der Waals surface area contributed by atoms with Crippen molar-refractivity contribution in [3.8, 4) is 0 Å². The first-order valence-electron chi connectivity index (χ1n) is 4.86. The summed E-state index contributed by atoms with van der Waals surface area (Å²) in [4.78, 5) is 0. The third-order valence-corrected chi connectivity index (χ3v) is 2.92. The SMILES string of the molecule is CC(N[C@@H](C)CO)c1ccc(F)cc1Br. The van der Waals surface area contributed by atoms with Crippen molar-refractivity contribution in [3.05, 3.63) is 34.1 Å². The van der Waals surface area contributed by atoms with Crippen LogP contribution in [0.15, 0.2) is 22.7 Å². The first-order chi connectivity index (χ1) is 7.04. The normalized spacial score (nSPS) is 15.0. The number of rotatable bonds is 4. The lowest BCUT2D eigenvalue weighted by Gasteiger charge is -2.19. The van der Waals surface area contributed by atoms with E-state index in [0.29, 0.717) is 0 Å². The van der Waals surface area contributed by atoms with Gasteiger partial charge in [0, 0.05) is 16.6 Å². The molecule has 0 saturated carbocycles. The number of hydrogen-bond acceptors (Lipinski definition) is 2. The van der Waals surface area contributed by atoms with Crippen molar-refractivity contribution in [1.82, 2.24) is 5.32 Å². The molecule has 0 aliphatic heterocycles. The Balaban J connectivity index is 2.77. The lowest BCUT2D eigenvalue weighted by molar-refractivity contribution is 0.243. The lowest BCUT2D eigenvalue weighted by atomic mass is 10.1. The molecule has 4 heteroatoms. The van der Waals surface area contributed by atoms with Gasteiger partial charge in [0.25, 0.3) is 0 Å². The fraction of sp³-hybridized carbons (Fsp3) is 0.455. The van der Waals surface area contributed by atoms with Gasteiger partial charge < -0.3 is 10.4 Å². The zero-order valence-corrected chi connectivity index (χ0v) is 10.4. The summed E-state index contributed by atoms with van der Waals surface area (Å²) in [6.45, 7) is 3.96. The predicted octanol–water partition coefficient (Wildman–Crippen LogP) is 2.62. The number of nitrogens with one attached hydrogen (secondary N) is 1. The van der Waals surface area contributed by atoms with E-state index in [1.54, 1.807) is 6.07 Å². The van der Waals surface area contributed by atoms with Gasteiger partial charge in [0.2, 0.25) is 0 Å². The number of halogens is 2. The van der Waals surface area contributed by atoms with Gasteiger partial charge in [0.15, 0.2) is 0 Å². The molecule has 0 spiro atoms. The predicted molar refractivity (Wildman–Crippen MR) is 62.2 cm³/mol. The van der Waals surface area contributed by atoms with Crippen molar-refractivity contribution in [2.45, 2.75) is 25.9 Å². The molecule has 1 aromatic rings. The molecule has 0 aromatic heterocycles. The molecule has 0 saturated heterocycles. The van der Waals surface area contributed by atoms with E-state index < -0.39 is 0 Å². The van der Waals surface area contributed by atoms with E-state index in [2.05, 4.69) is 21.2 Å². The van der Waals surface area contributed by atoms with Crippen molar-refractivity contribution in [1.29, 1.82) is 0 Å². The van der Waals surface area contributed by atoms with Crippen LogP contribution in [-0.2, 0) is 0 Å². The average Bonchev–Trinajstić information content (AvgIpc) is 2.17. The van der Waals surface area contributed by atoms with E-state index in [1.807, 2.05) is 13.8 Å². The first-order valence-corrected chi connectivity index (χ1v) is 5.65. The zero-order valence-electron chi connectivity index (χ0n) is 8.80. The Hall–Kier alpha value is -0.450. The van der Waals surface area contributed by atoms with Crippen LogP contribution < -0.4 is 5.32 Å². The van der Waals surface area contributed by atoms with E-state index in [0.717, 1.165) is 10.0 Å². The maximum atomic E-state index is 12.8. The highest BCUT2D eigenvalue weighted by Crippen LogP contribution is 2.24. The second-order valence-corrected chi connectivity index (χ2v) is 4.49. The van der Waals surface area contributed by atoms with Crippen LogP contribution >= 0.6 is 15.9 Å². The highest BCUT2D eigenvalue weighted by Gasteiger charge is 2.11. The summed E-state index contributed by atoms with van der Waals surface area (Å²) >= 11 is 3.32. The Morgan fingerprint density at radius 1 is 1.47 bits per heavy atom. The van der Waals surface area contributed by atoms with Gasteiger partial charge in [-0.2, -0.15) is 0 Å². The first kappa shape index (κ1) is 12.6. The topological polar surface area (TPSA) is 32.3 Å². The minimum atomic E-state index is -0.256. The molecule has 0 fully saturated rings. The maximum Gasteiger partial charge on any atom is 0.124 e. The second kappa shape index (κ2) is 5.58. The summed E-state index contributed by atoms with van der Waals surface area (Å²) in [5.41, 5.74) is 0.983. The molecule has 1 unspecified atom stereocenters. The maximum absolute atomic E-state index is 12.8. The van der Waals surface area contributed by atoms with Crippen molar-refractivity contribution in [2.75, 3.05) is 6.61 Å².